The van der Waals surface area contributed by atoms with Crippen molar-refractivity contribution in [1.29, 1.82) is 0 Å². The highest BCUT2D eigenvalue weighted by Crippen LogP contribution is 2.04. The van der Waals surface area contributed by atoms with E-state index in [1.807, 2.05) is 30.3 Å². The third kappa shape index (κ3) is 5.19. The number of benzene rings is 1. The SMILES string of the molecule is CCC(C)C(N)CNC(=O)OCc1ccccc1. The van der Waals surface area contributed by atoms with Crippen LogP contribution >= 0.6 is 0 Å². The molecule has 1 amide bonds. The molecule has 0 saturated carbocycles. The van der Waals surface area contributed by atoms with Crippen LogP contribution < -0.4 is 11.1 Å². The van der Waals surface area contributed by atoms with Crippen LogP contribution in [0.2, 0.25) is 0 Å². The largest absolute Gasteiger partial charge is 0.445 e. The zero-order valence-electron chi connectivity index (χ0n) is 11.1. The van der Waals surface area contributed by atoms with Gasteiger partial charge in [0.05, 0.1) is 0 Å². The fourth-order valence-corrected chi connectivity index (χ4v) is 1.48. The molecule has 0 bridgehead atoms. The summed E-state index contributed by atoms with van der Waals surface area (Å²) in [4.78, 5) is 11.4. The van der Waals surface area contributed by atoms with Gasteiger partial charge in [-0.1, -0.05) is 50.6 Å². The molecule has 3 N–H and O–H groups in total. The molecule has 4 heteroatoms. The summed E-state index contributed by atoms with van der Waals surface area (Å²) in [6.45, 7) is 4.88. The van der Waals surface area contributed by atoms with Crippen molar-refractivity contribution >= 4 is 6.09 Å². The maximum Gasteiger partial charge on any atom is 0.407 e. The minimum absolute atomic E-state index is 0.0284. The van der Waals surface area contributed by atoms with E-state index >= 15 is 0 Å². The Balaban J connectivity index is 2.22. The van der Waals surface area contributed by atoms with Gasteiger partial charge in [-0.25, -0.2) is 4.79 Å². The van der Waals surface area contributed by atoms with Crippen molar-refractivity contribution in [1.82, 2.24) is 5.32 Å². The summed E-state index contributed by atoms with van der Waals surface area (Å²) in [5.74, 6) is 0.388. The normalized spacial score (nSPS) is 13.7. The van der Waals surface area contributed by atoms with E-state index in [9.17, 15) is 4.79 Å². The first-order chi connectivity index (χ1) is 8.63. The highest BCUT2D eigenvalue weighted by atomic mass is 16.5. The number of hydrogen-bond acceptors (Lipinski definition) is 3. The first-order valence-corrected chi connectivity index (χ1v) is 6.33. The Morgan fingerprint density at radius 2 is 2.06 bits per heavy atom. The smallest absolute Gasteiger partial charge is 0.407 e. The number of alkyl carbamates (subject to hydrolysis) is 1. The first kappa shape index (κ1) is 14.5. The van der Waals surface area contributed by atoms with Gasteiger partial charge < -0.3 is 15.8 Å². The second-order valence-corrected chi connectivity index (χ2v) is 4.49. The van der Waals surface area contributed by atoms with Crippen LogP contribution in [0.1, 0.15) is 25.8 Å². The molecule has 18 heavy (non-hydrogen) atoms. The van der Waals surface area contributed by atoms with Gasteiger partial charge in [0, 0.05) is 12.6 Å². The van der Waals surface area contributed by atoms with Gasteiger partial charge in [-0.15, -0.1) is 0 Å². The lowest BCUT2D eigenvalue weighted by Crippen LogP contribution is -2.41. The second kappa shape index (κ2) is 7.71. The molecular weight excluding hydrogens is 228 g/mol. The van der Waals surface area contributed by atoms with Gasteiger partial charge in [0.1, 0.15) is 6.61 Å². The van der Waals surface area contributed by atoms with Crippen molar-refractivity contribution in [2.45, 2.75) is 32.9 Å². The molecule has 0 radical (unpaired) electrons. The standard InChI is InChI=1S/C14H22N2O2/c1-3-11(2)13(15)9-16-14(17)18-10-12-7-5-4-6-8-12/h4-8,11,13H,3,9-10,15H2,1-2H3,(H,16,17). The van der Waals surface area contributed by atoms with E-state index in [0.29, 0.717) is 12.5 Å². The molecule has 0 fully saturated rings. The van der Waals surface area contributed by atoms with Crippen LogP contribution in [0.4, 0.5) is 4.79 Å². The van der Waals surface area contributed by atoms with Gasteiger partial charge in [-0.2, -0.15) is 0 Å². The van der Waals surface area contributed by atoms with Crippen molar-refractivity contribution in [2.75, 3.05) is 6.54 Å². The quantitative estimate of drug-likeness (QED) is 0.814. The molecule has 0 spiro atoms. The number of ether oxygens (including phenoxy) is 1. The highest BCUT2D eigenvalue weighted by molar-refractivity contribution is 5.67. The van der Waals surface area contributed by atoms with Gasteiger partial charge in [0.25, 0.3) is 0 Å². The number of nitrogens with two attached hydrogens (primary N) is 1. The molecule has 1 aromatic carbocycles. The predicted octanol–water partition coefficient (Wildman–Crippen LogP) is 2.29. The number of amides is 1. The molecule has 1 aromatic rings. The van der Waals surface area contributed by atoms with Crippen LogP contribution in [0, 0.1) is 5.92 Å². The summed E-state index contributed by atoms with van der Waals surface area (Å²) in [5, 5.41) is 2.68. The Hall–Kier alpha value is -1.55. The summed E-state index contributed by atoms with van der Waals surface area (Å²) >= 11 is 0. The molecular formula is C14H22N2O2. The first-order valence-electron chi connectivity index (χ1n) is 6.33. The van der Waals surface area contributed by atoms with Gasteiger partial charge >= 0.3 is 6.09 Å². The molecule has 1 rings (SSSR count). The monoisotopic (exact) mass is 250 g/mol. The molecule has 0 aliphatic rings. The zero-order chi connectivity index (χ0) is 13.4. The molecule has 0 heterocycles. The van der Waals surface area contributed by atoms with Crippen LogP contribution in [0.25, 0.3) is 0 Å². The lowest BCUT2D eigenvalue weighted by atomic mass is 10.0. The topological polar surface area (TPSA) is 64.3 Å². The number of nitrogens with one attached hydrogen (secondary N) is 1. The highest BCUT2D eigenvalue weighted by Gasteiger charge is 2.12. The molecule has 4 nitrogen and oxygen atoms in total. The van der Waals surface area contributed by atoms with E-state index in [1.165, 1.54) is 0 Å². The summed E-state index contributed by atoms with van der Waals surface area (Å²) < 4.78 is 5.09. The Kier molecular flexibility index (Phi) is 6.22. The summed E-state index contributed by atoms with van der Waals surface area (Å²) in [6.07, 6.45) is 0.583. The molecule has 100 valence electrons. The van der Waals surface area contributed by atoms with Gasteiger partial charge in [0.2, 0.25) is 0 Å². The van der Waals surface area contributed by atoms with Crippen molar-refractivity contribution in [2.24, 2.45) is 11.7 Å². The van der Waals surface area contributed by atoms with Gasteiger partial charge in [-0.05, 0) is 11.5 Å². The molecule has 0 aliphatic carbocycles. The van der Waals surface area contributed by atoms with Gasteiger partial charge in [0.15, 0.2) is 0 Å². The fourth-order valence-electron chi connectivity index (χ4n) is 1.48. The Morgan fingerprint density at radius 3 is 2.67 bits per heavy atom. The maximum absolute atomic E-state index is 11.4. The molecule has 0 aromatic heterocycles. The average molecular weight is 250 g/mol. The van der Waals surface area contributed by atoms with E-state index < -0.39 is 6.09 Å². The van der Waals surface area contributed by atoms with Crippen LogP contribution in [-0.2, 0) is 11.3 Å². The van der Waals surface area contributed by atoms with Crippen molar-refractivity contribution in [3.63, 3.8) is 0 Å². The van der Waals surface area contributed by atoms with E-state index in [-0.39, 0.29) is 12.6 Å². The summed E-state index contributed by atoms with van der Waals surface area (Å²) in [5.41, 5.74) is 6.88. The van der Waals surface area contributed by atoms with Crippen LogP contribution in [0.3, 0.4) is 0 Å². The Labute approximate surface area is 109 Å². The minimum Gasteiger partial charge on any atom is -0.445 e. The van der Waals surface area contributed by atoms with E-state index in [2.05, 4.69) is 19.2 Å². The fraction of sp³-hybridized carbons (Fsp3) is 0.500. The molecule has 0 saturated heterocycles. The van der Waals surface area contributed by atoms with Crippen molar-refractivity contribution in [3.05, 3.63) is 35.9 Å². The average Bonchev–Trinajstić information content (AvgIpc) is 2.42. The number of rotatable bonds is 6. The number of hydrogen-bond donors (Lipinski definition) is 2. The number of carbonyl (C=O) groups is 1. The molecule has 2 atom stereocenters. The van der Waals surface area contributed by atoms with Crippen LogP contribution in [-0.4, -0.2) is 18.7 Å². The van der Waals surface area contributed by atoms with Crippen molar-refractivity contribution in [3.8, 4) is 0 Å². The van der Waals surface area contributed by atoms with E-state index in [0.717, 1.165) is 12.0 Å². The number of carbonyl (C=O) groups excluding carboxylic acids is 1. The maximum atomic E-state index is 11.4. The van der Waals surface area contributed by atoms with Gasteiger partial charge in [-0.3, -0.25) is 0 Å². The lowest BCUT2D eigenvalue weighted by molar-refractivity contribution is 0.138. The lowest BCUT2D eigenvalue weighted by Gasteiger charge is -2.18. The second-order valence-electron chi connectivity index (χ2n) is 4.49. The Bertz CT molecular complexity index is 354. The summed E-state index contributed by atoms with van der Waals surface area (Å²) in [6, 6.07) is 9.55. The van der Waals surface area contributed by atoms with Crippen LogP contribution in [0.5, 0.6) is 0 Å². The van der Waals surface area contributed by atoms with Crippen molar-refractivity contribution < 1.29 is 9.53 Å². The zero-order valence-corrected chi connectivity index (χ0v) is 11.1. The minimum atomic E-state index is -0.419. The summed E-state index contributed by atoms with van der Waals surface area (Å²) in [7, 11) is 0. The van der Waals surface area contributed by atoms with E-state index in [1.54, 1.807) is 0 Å². The molecule has 2 unspecified atom stereocenters. The third-order valence-electron chi connectivity index (χ3n) is 3.07. The molecule has 0 aliphatic heterocycles. The third-order valence-corrected chi connectivity index (χ3v) is 3.07. The Morgan fingerprint density at radius 1 is 1.39 bits per heavy atom. The predicted molar refractivity (Wildman–Crippen MR) is 72.1 cm³/mol. The van der Waals surface area contributed by atoms with E-state index in [4.69, 9.17) is 10.5 Å². The van der Waals surface area contributed by atoms with Crippen LogP contribution in [0.15, 0.2) is 30.3 Å².